The summed E-state index contributed by atoms with van der Waals surface area (Å²) in [6.45, 7) is 13.6. The van der Waals surface area contributed by atoms with Gasteiger partial charge in [0.15, 0.2) is 0 Å². The van der Waals surface area contributed by atoms with Gasteiger partial charge in [0.05, 0.1) is 68.2 Å². The van der Waals surface area contributed by atoms with Crippen LogP contribution in [0.1, 0.15) is 109 Å². The first-order valence-electron chi connectivity index (χ1n) is 39.6. The molecule has 4 aromatic carbocycles. The third-order valence-electron chi connectivity index (χ3n) is 18.8. The molecule has 5 aliphatic heterocycles. The zero-order chi connectivity index (χ0) is 99.5. The van der Waals surface area contributed by atoms with Gasteiger partial charge < -0.3 is 79.8 Å². The van der Waals surface area contributed by atoms with E-state index < -0.39 is 101 Å². The van der Waals surface area contributed by atoms with E-state index in [1.54, 1.807) is 30.6 Å². The number of amides is 4. The van der Waals surface area contributed by atoms with Gasteiger partial charge >= 0.3 is 29.4 Å². The van der Waals surface area contributed by atoms with Crippen molar-refractivity contribution in [3.05, 3.63) is 210 Å². The van der Waals surface area contributed by atoms with Crippen molar-refractivity contribution in [2.75, 3.05) is 88.3 Å². The fourth-order valence-corrected chi connectivity index (χ4v) is 14.9. The van der Waals surface area contributed by atoms with Gasteiger partial charge in [-0.3, -0.25) is 28.8 Å². The van der Waals surface area contributed by atoms with Crippen molar-refractivity contribution < 1.29 is 140 Å². The average molecular weight is 2340 g/mol. The van der Waals surface area contributed by atoms with Crippen LogP contribution in [0, 0.1) is 0 Å². The van der Waals surface area contributed by atoms with Gasteiger partial charge in [0.1, 0.15) is 70.3 Å². The number of nitrogens with zero attached hydrogens (tertiary/aromatic N) is 9. The molecule has 0 spiro atoms. The van der Waals surface area contributed by atoms with E-state index in [2.05, 4.69) is 134 Å². The van der Waals surface area contributed by atoms with Gasteiger partial charge in [0.25, 0.3) is 35.6 Å². The monoisotopic (exact) mass is 2330 g/mol. The maximum Gasteiger partial charge on any atom is 0.498 e. The first-order valence-corrected chi connectivity index (χ1v) is 45.5. The van der Waals surface area contributed by atoms with Crippen LogP contribution in [0.5, 0.6) is 23.0 Å². The summed E-state index contributed by atoms with van der Waals surface area (Å²) in [6, 6.07) is 27.7. The van der Waals surface area contributed by atoms with Crippen LogP contribution in [-0.4, -0.2) is 192 Å². The second-order valence-corrected chi connectivity index (χ2v) is 35.9. The molecule has 0 aliphatic carbocycles. The van der Waals surface area contributed by atoms with Crippen LogP contribution in [0.3, 0.4) is 0 Å². The molecule has 736 valence electrons. The molecule has 4 amide bonds. The molecule has 4 atom stereocenters. The Balaban J connectivity index is 0.000000232. The Morgan fingerprint density at radius 1 is 0.471 bits per heavy atom. The molecule has 5 saturated heterocycles. The number of rotatable bonds is 21. The summed E-state index contributed by atoms with van der Waals surface area (Å²) in [7, 11) is -0.803. The number of alkyl halides is 16. The maximum atomic E-state index is 13.9. The molecule has 28 nitrogen and oxygen atoms in total. The molecule has 5 aliphatic rings. The molecule has 0 bridgehead atoms. The van der Waals surface area contributed by atoms with Crippen molar-refractivity contribution in [3.63, 3.8) is 0 Å². The van der Waals surface area contributed by atoms with Gasteiger partial charge in [-0.15, -0.1) is 35.1 Å². The number of benzene rings is 4. The number of hydrogen-bond acceptors (Lipinski definition) is 24. The Morgan fingerprint density at radius 2 is 0.794 bits per heavy atom. The number of hydrogen-bond donors (Lipinski definition) is 7. The molecule has 7 N–H and O–H groups in total. The summed E-state index contributed by atoms with van der Waals surface area (Å²) in [5, 5.41) is 32.3. The third-order valence-corrected chi connectivity index (χ3v) is 22.7. The van der Waals surface area contributed by atoms with Crippen molar-refractivity contribution in [3.8, 4) is 34.1 Å². The van der Waals surface area contributed by atoms with Gasteiger partial charge in [-0.2, -0.15) is 4.37 Å². The second kappa shape index (κ2) is 52.2. The van der Waals surface area contributed by atoms with Gasteiger partial charge in [-0.25, -0.2) is 41.9 Å². The molecule has 15 rings (SSSR count). The van der Waals surface area contributed by atoms with Gasteiger partial charge in [0.2, 0.25) is 0 Å². The van der Waals surface area contributed by atoms with E-state index in [9.17, 15) is 71.9 Å². The van der Waals surface area contributed by atoms with Crippen molar-refractivity contribution in [2.45, 2.75) is 125 Å². The SMILES string of the molecule is Brc1cnsc1.CC(=O)O.CC(=O)O.CC1(C)OB(c2cc(C(=O)Nc3ccc(OC(F)(F)Cl)cc3)cnc2N2CC[C@@H](F)C2)OC1(C)C.F[C@@H]1CCNC1.O=C(Nc1ccc(OC(F)(F)Cl)cc1)c1cnc(Cl)c(Br)c1.O=C(Nc1ccc(OC(F)(F)Cl)cc1)c1cnc(N2CC[C@@H](F)C2)c(-c2cnsc2)c1.O=C(Nc1ccc(OC(F)(F)Cl)cc1)c1cnc(N2CC[C@@H](F)C2)c(Br)c1.[Pd]. The number of halogens is 20. The smallest absolute Gasteiger partial charge is 0.481 e. The van der Waals surface area contributed by atoms with E-state index in [1.165, 1.54) is 151 Å². The quantitative estimate of drug-likeness (QED) is 0.0152. The Hall–Kier alpha value is -9.18. The average Bonchev–Trinajstić information content (AvgIpc) is 1.61. The van der Waals surface area contributed by atoms with E-state index in [4.69, 9.17) is 75.5 Å². The van der Waals surface area contributed by atoms with Crippen LogP contribution in [0.15, 0.2) is 183 Å². The standard InChI is InChI=1S/C23H26BClF3N3O4.C20H16ClF3N4O2S.C17H14BrClF3N3O2.C13H7BrCl2F2N2O2.C4H8FN.C3H2BrNS.2C2H4O2.Pd/c1-21(2)22(3,4)35-24(34-21)18-11-14(12-29-19(18)31-10-9-15(26)13-31)20(32)30-16-5-7-17(8-6-16)33-23(25,27)28;21-20(23,24)30-16-3-1-15(2-4-16)27-19(29)12-7-17(13-9-26-31-11-13)18(25-8-12)28-6-5-14(22)10-28;18-14-7-10(8-23-15(14)25-6-5-11(20)9-25)16(26)24-12-1-3-13(4-2-12)27-17(19,21)22;14-10-5-7(6-19-11(10)15)12(21)20-8-1-3-9(4-2-8)22-13(16,17)18;5-4-1-2-6-3-4;4-3-1-5-6-2-3;2*1-2(3)4;/h5-8,11-12,15H,9-10,13H2,1-4H3,(H,30,32);1-4,7-9,11,14H,5-6,10H2,(H,27,29);1-4,7-8,11H,5-6,9H2,(H,24,26);1-6H,(H,20,21);4,6H,1-3H2;1-2H;2*1H3,(H,3,4);/t15-;14-;11-;;4-;;;;/m111.1..../s1. The van der Waals surface area contributed by atoms with Crippen molar-refractivity contribution >= 4 is 217 Å². The topological polar surface area (TPSA) is 345 Å². The molecule has 11 heterocycles. The largest absolute Gasteiger partial charge is 0.498 e. The number of carboxylic acids is 2. The van der Waals surface area contributed by atoms with Crippen molar-refractivity contribution in [1.29, 1.82) is 0 Å². The van der Waals surface area contributed by atoms with Crippen molar-refractivity contribution in [2.24, 2.45) is 0 Å². The number of nitrogens with one attached hydrogen (secondary N) is 5. The third kappa shape index (κ3) is 38.9. The molecular weight excluding hydrogens is 2260 g/mol. The molecule has 0 saturated carbocycles. The molecule has 6 aromatic heterocycles. The summed E-state index contributed by atoms with van der Waals surface area (Å²) in [6.07, 6.45) is 7.63. The van der Waals surface area contributed by atoms with Gasteiger partial charge in [0, 0.05) is 192 Å². The molecule has 10 aromatic rings. The number of anilines is 7. The Labute approximate surface area is 842 Å². The number of carboxylic acid groups (broad SMARTS) is 2. The maximum absolute atomic E-state index is 13.9. The Bertz CT molecular complexity index is 5550. The molecule has 5 fully saturated rings. The van der Waals surface area contributed by atoms with Crippen LogP contribution >= 0.6 is 129 Å². The molecular formula is C84H81BBr3Cl5F12N14O14PdS2. The van der Waals surface area contributed by atoms with Crippen LogP contribution in [0.25, 0.3) is 11.1 Å². The Kier molecular flexibility index (Phi) is 43.7. The molecule has 52 heteroatoms. The Morgan fingerprint density at radius 3 is 1.08 bits per heavy atom. The number of pyridine rings is 4. The number of carbonyl (C=O) groups excluding carboxylic acids is 4. The minimum absolute atomic E-state index is 0. The van der Waals surface area contributed by atoms with Crippen LogP contribution in [0.4, 0.5) is 92.9 Å². The number of ether oxygens (including phenoxy) is 4. The van der Waals surface area contributed by atoms with Crippen LogP contribution in [-0.2, 0) is 39.3 Å². The van der Waals surface area contributed by atoms with E-state index in [0.717, 1.165) is 30.4 Å². The second-order valence-electron chi connectivity index (χ2n) is 29.8. The summed E-state index contributed by atoms with van der Waals surface area (Å²) >= 11 is 37.0. The van der Waals surface area contributed by atoms with E-state index in [-0.39, 0.29) is 90.5 Å². The zero-order valence-electron chi connectivity index (χ0n) is 71.5. The molecule has 136 heavy (non-hydrogen) atoms. The summed E-state index contributed by atoms with van der Waals surface area (Å²) in [4.78, 5) is 90.5. The summed E-state index contributed by atoms with van der Waals surface area (Å²) in [5.41, 5.74) is -11.9. The fourth-order valence-electron chi connectivity index (χ4n) is 12.0. The van der Waals surface area contributed by atoms with E-state index >= 15 is 0 Å². The first kappa shape index (κ1) is 114. The van der Waals surface area contributed by atoms with Crippen molar-refractivity contribution in [1.82, 2.24) is 34.0 Å². The molecule has 0 unspecified atom stereocenters. The molecule has 0 radical (unpaired) electrons. The van der Waals surface area contributed by atoms with E-state index in [1.807, 2.05) is 53.2 Å². The number of aliphatic carboxylic acids is 2. The number of aromatic nitrogens is 6. The zero-order valence-corrected chi connectivity index (χ0v) is 83.3. The predicted molar refractivity (Wildman–Crippen MR) is 501 cm³/mol. The normalized spacial score (nSPS) is 16.7. The number of carbonyl (C=O) groups is 6. The summed E-state index contributed by atoms with van der Waals surface area (Å²) in [5.74, 6) is -2.35. The van der Waals surface area contributed by atoms with Crippen LogP contribution in [0.2, 0.25) is 5.15 Å². The van der Waals surface area contributed by atoms with Gasteiger partial charge in [-0.05, 0) is 252 Å². The fraction of sp³-hybridized carbons (Fsp3) is 0.333. The van der Waals surface area contributed by atoms with Crippen LogP contribution < -0.4 is 65.7 Å². The summed E-state index contributed by atoms with van der Waals surface area (Å²) < 4.78 is 193. The minimum atomic E-state index is -3.83. The predicted octanol–water partition coefficient (Wildman–Crippen LogP) is 21.7. The van der Waals surface area contributed by atoms with Gasteiger partial charge in [-0.1, -0.05) is 11.6 Å². The van der Waals surface area contributed by atoms with E-state index in [0.29, 0.717) is 112 Å². The minimum Gasteiger partial charge on any atom is -0.481 e. The first-order chi connectivity index (χ1) is 63.2.